The lowest BCUT2D eigenvalue weighted by Gasteiger charge is -2.25. The predicted molar refractivity (Wildman–Crippen MR) is 106 cm³/mol. The van der Waals surface area contributed by atoms with Gasteiger partial charge in [-0.3, -0.25) is 14.6 Å². The summed E-state index contributed by atoms with van der Waals surface area (Å²) in [4.78, 5) is 31.0. The van der Waals surface area contributed by atoms with Crippen LogP contribution in [0.5, 0.6) is 5.75 Å². The van der Waals surface area contributed by atoms with E-state index in [-0.39, 0.29) is 22.6 Å². The summed E-state index contributed by atoms with van der Waals surface area (Å²) in [6.45, 7) is 4.13. The van der Waals surface area contributed by atoms with Gasteiger partial charge < -0.3 is 14.7 Å². The number of amides is 1. The number of hydrogen-bond acceptors (Lipinski definition) is 5. The highest BCUT2D eigenvalue weighted by molar-refractivity contribution is 6.46. The summed E-state index contributed by atoms with van der Waals surface area (Å²) < 4.78 is 5.34. The fourth-order valence-electron chi connectivity index (χ4n) is 3.50. The van der Waals surface area contributed by atoms with Crippen LogP contribution in [0.1, 0.15) is 36.1 Å². The zero-order valence-corrected chi connectivity index (χ0v) is 16.7. The minimum atomic E-state index is -0.729. The van der Waals surface area contributed by atoms with E-state index in [4.69, 9.17) is 16.3 Å². The first-order valence-electron chi connectivity index (χ1n) is 8.93. The van der Waals surface area contributed by atoms with Crippen molar-refractivity contribution in [3.63, 3.8) is 0 Å². The number of ether oxygens (including phenoxy) is 1. The van der Waals surface area contributed by atoms with Crippen molar-refractivity contribution in [1.82, 2.24) is 9.88 Å². The number of benzene rings is 1. The van der Waals surface area contributed by atoms with Gasteiger partial charge in [0.15, 0.2) is 0 Å². The number of rotatable bonds is 5. The third-order valence-electron chi connectivity index (χ3n) is 4.67. The molecule has 2 aromatic rings. The molecule has 0 bridgehead atoms. The van der Waals surface area contributed by atoms with Crippen molar-refractivity contribution in [3.8, 4) is 5.75 Å². The smallest absolute Gasteiger partial charge is 0.295 e. The molecule has 1 aliphatic rings. The molecule has 1 N–H and O–H groups in total. The minimum Gasteiger partial charge on any atom is -0.507 e. The van der Waals surface area contributed by atoms with Gasteiger partial charge in [-0.05, 0) is 48.7 Å². The first kappa shape index (κ1) is 19.9. The fraction of sp³-hybridized carbons (Fsp3) is 0.286. The number of carbonyl (C=O) groups is 2. The molecule has 1 amide bonds. The predicted octanol–water partition coefficient (Wildman–Crippen LogP) is 3.88. The minimum absolute atomic E-state index is 0.0182. The number of ketones is 1. The molecule has 1 unspecified atom stereocenters. The lowest BCUT2D eigenvalue weighted by molar-refractivity contribution is -0.139. The summed E-state index contributed by atoms with van der Waals surface area (Å²) in [6, 6.07) is 6.14. The summed E-state index contributed by atoms with van der Waals surface area (Å²) in [5.41, 5.74) is 1.78. The Morgan fingerprint density at radius 2 is 1.96 bits per heavy atom. The maximum atomic E-state index is 12.9. The Balaban J connectivity index is 2.27. The number of pyridine rings is 1. The normalized spacial score (nSPS) is 18.6. The molecule has 1 aliphatic heterocycles. The SMILES string of the molecule is CCCN1C(=O)C(=O)/C(=C(/O)c2cc(C)cc(Cl)c2OC)C1c1ccncc1. The number of aryl methyl sites for hydroxylation is 1. The zero-order valence-electron chi connectivity index (χ0n) is 15.9. The van der Waals surface area contributed by atoms with Crippen molar-refractivity contribution in [1.29, 1.82) is 0 Å². The molecule has 7 heteroatoms. The second kappa shape index (κ2) is 8.02. The first-order chi connectivity index (χ1) is 13.4. The van der Waals surface area contributed by atoms with Gasteiger partial charge in [-0.15, -0.1) is 0 Å². The summed E-state index contributed by atoms with van der Waals surface area (Å²) >= 11 is 6.25. The first-order valence-corrected chi connectivity index (χ1v) is 9.31. The van der Waals surface area contributed by atoms with E-state index in [1.54, 1.807) is 36.7 Å². The Morgan fingerprint density at radius 1 is 1.29 bits per heavy atom. The summed E-state index contributed by atoms with van der Waals surface area (Å²) in [7, 11) is 1.43. The van der Waals surface area contributed by atoms with Gasteiger partial charge in [-0.25, -0.2) is 0 Å². The molecule has 0 aliphatic carbocycles. The van der Waals surface area contributed by atoms with Crippen LogP contribution in [0.15, 0.2) is 42.2 Å². The van der Waals surface area contributed by atoms with Crippen molar-refractivity contribution >= 4 is 29.1 Å². The number of aliphatic hydroxyl groups is 1. The number of nitrogens with zero attached hydrogens (tertiary/aromatic N) is 2. The number of halogens is 1. The summed E-state index contributed by atoms with van der Waals surface area (Å²) in [6.07, 6.45) is 3.85. The third kappa shape index (κ3) is 3.36. The molecule has 6 nitrogen and oxygen atoms in total. The van der Waals surface area contributed by atoms with Crippen molar-refractivity contribution in [2.24, 2.45) is 0 Å². The van der Waals surface area contributed by atoms with Gasteiger partial charge in [0, 0.05) is 18.9 Å². The van der Waals surface area contributed by atoms with Crippen LogP contribution in [-0.2, 0) is 9.59 Å². The third-order valence-corrected chi connectivity index (χ3v) is 4.95. The molecule has 1 atom stereocenters. The molecular weight excluding hydrogens is 380 g/mol. The van der Waals surface area contributed by atoms with Crippen LogP contribution in [-0.4, -0.2) is 40.3 Å². The average Bonchev–Trinajstić information content (AvgIpc) is 2.93. The van der Waals surface area contributed by atoms with Gasteiger partial charge in [0.05, 0.1) is 29.3 Å². The fourth-order valence-corrected chi connectivity index (χ4v) is 3.85. The molecule has 0 spiro atoms. The van der Waals surface area contributed by atoms with Crippen LogP contribution < -0.4 is 4.74 Å². The molecule has 1 saturated heterocycles. The number of aliphatic hydroxyl groups excluding tert-OH is 1. The van der Waals surface area contributed by atoms with Crippen molar-refractivity contribution in [2.45, 2.75) is 26.3 Å². The van der Waals surface area contributed by atoms with Crippen molar-refractivity contribution in [3.05, 3.63) is 63.9 Å². The lowest BCUT2D eigenvalue weighted by atomic mass is 9.95. The molecule has 0 radical (unpaired) electrons. The number of carbonyl (C=O) groups excluding carboxylic acids is 2. The largest absolute Gasteiger partial charge is 0.507 e. The quantitative estimate of drug-likeness (QED) is 0.468. The van der Waals surface area contributed by atoms with Gasteiger partial charge in [-0.2, -0.15) is 0 Å². The lowest BCUT2D eigenvalue weighted by Crippen LogP contribution is -2.30. The van der Waals surface area contributed by atoms with E-state index in [0.717, 1.165) is 5.56 Å². The molecule has 1 fully saturated rings. The van der Waals surface area contributed by atoms with Crippen LogP contribution in [0.25, 0.3) is 5.76 Å². The number of hydrogen-bond donors (Lipinski definition) is 1. The van der Waals surface area contributed by atoms with Crippen LogP contribution >= 0.6 is 11.6 Å². The van der Waals surface area contributed by atoms with Crippen LogP contribution in [0.4, 0.5) is 0 Å². The summed E-state index contributed by atoms with van der Waals surface area (Å²) in [5.74, 6) is -1.42. The van der Waals surface area contributed by atoms with E-state index >= 15 is 0 Å². The average molecular weight is 401 g/mol. The second-order valence-electron chi connectivity index (χ2n) is 6.60. The summed E-state index contributed by atoms with van der Waals surface area (Å²) in [5, 5.41) is 11.4. The molecule has 3 rings (SSSR count). The Morgan fingerprint density at radius 3 is 2.57 bits per heavy atom. The highest BCUT2D eigenvalue weighted by Gasteiger charge is 2.46. The molecule has 2 heterocycles. The highest BCUT2D eigenvalue weighted by atomic mass is 35.5. The van der Waals surface area contributed by atoms with E-state index < -0.39 is 17.7 Å². The topological polar surface area (TPSA) is 79.7 Å². The van der Waals surface area contributed by atoms with Crippen molar-refractivity contribution in [2.75, 3.05) is 13.7 Å². The van der Waals surface area contributed by atoms with Gasteiger partial charge in [0.2, 0.25) is 0 Å². The molecule has 28 heavy (non-hydrogen) atoms. The standard InChI is InChI=1S/C21H21ClN2O4/c1-4-9-24-17(13-5-7-23-8-6-13)16(19(26)21(24)27)18(25)14-10-12(2)11-15(22)20(14)28-3/h5-8,10-11,17,25H,4,9H2,1-3H3/b18-16+. The molecular formula is C21H21ClN2O4. The Kier molecular flexibility index (Phi) is 5.70. The second-order valence-corrected chi connectivity index (χ2v) is 7.01. The number of likely N-dealkylation sites (tertiary alicyclic amines) is 1. The number of aromatic nitrogens is 1. The maximum Gasteiger partial charge on any atom is 0.295 e. The van der Waals surface area contributed by atoms with Crippen LogP contribution in [0.2, 0.25) is 5.02 Å². The van der Waals surface area contributed by atoms with E-state index in [1.807, 2.05) is 13.8 Å². The van der Waals surface area contributed by atoms with Crippen LogP contribution in [0, 0.1) is 6.92 Å². The van der Waals surface area contributed by atoms with Gasteiger partial charge in [0.25, 0.3) is 11.7 Å². The zero-order chi connectivity index (χ0) is 20.4. The van der Waals surface area contributed by atoms with E-state index in [9.17, 15) is 14.7 Å². The maximum absolute atomic E-state index is 12.9. The van der Waals surface area contributed by atoms with Gasteiger partial charge in [-0.1, -0.05) is 18.5 Å². The molecule has 1 aromatic heterocycles. The van der Waals surface area contributed by atoms with Crippen LogP contribution in [0.3, 0.4) is 0 Å². The Bertz CT molecular complexity index is 956. The van der Waals surface area contributed by atoms with Gasteiger partial charge >= 0.3 is 0 Å². The highest BCUT2D eigenvalue weighted by Crippen LogP contribution is 2.42. The van der Waals surface area contributed by atoms with Gasteiger partial charge in [0.1, 0.15) is 11.5 Å². The van der Waals surface area contributed by atoms with Crippen molar-refractivity contribution < 1.29 is 19.4 Å². The number of methoxy groups -OCH3 is 1. The Labute approximate surface area is 168 Å². The molecule has 0 saturated carbocycles. The Hall–Kier alpha value is -2.86. The number of Topliss-reactive ketones (excluding diaryl/α,β-unsaturated/α-hetero) is 1. The molecule has 146 valence electrons. The van der Waals surface area contributed by atoms with E-state index in [2.05, 4.69) is 4.98 Å². The van der Waals surface area contributed by atoms with E-state index in [0.29, 0.717) is 23.6 Å². The monoisotopic (exact) mass is 400 g/mol. The van der Waals surface area contributed by atoms with E-state index in [1.165, 1.54) is 12.0 Å². The molecule has 1 aromatic carbocycles.